The summed E-state index contributed by atoms with van der Waals surface area (Å²) in [5.74, 6) is -4.94. The van der Waals surface area contributed by atoms with Crippen molar-refractivity contribution < 1.29 is 38.9 Å². The van der Waals surface area contributed by atoms with Gasteiger partial charge in [0.1, 0.15) is 5.75 Å². The first-order valence-corrected chi connectivity index (χ1v) is 11.5. The van der Waals surface area contributed by atoms with Gasteiger partial charge in [-0.2, -0.15) is 0 Å². The number of amides is 2. The number of anilines is 2. The highest BCUT2D eigenvalue weighted by atomic mass is 79.9. The third kappa shape index (κ3) is 6.55. The van der Waals surface area contributed by atoms with Gasteiger partial charge >= 0.3 is 17.9 Å². The Kier molecular flexibility index (Phi) is 8.22. The van der Waals surface area contributed by atoms with Crippen LogP contribution in [0.1, 0.15) is 48.4 Å². The van der Waals surface area contributed by atoms with E-state index in [1.807, 2.05) is 0 Å². The monoisotopic (exact) mass is 618 g/mol. The molecular formula is C24H16Br2N2O8. The zero-order chi connectivity index (χ0) is 26.6. The van der Waals surface area contributed by atoms with Crippen molar-refractivity contribution in [2.45, 2.75) is 6.92 Å². The first kappa shape index (κ1) is 26.6. The van der Waals surface area contributed by atoms with Crippen LogP contribution in [0, 0.1) is 0 Å². The summed E-state index contributed by atoms with van der Waals surface area (Å²) >= 11 is 6.34. The number of carboxylic acid groups (broad SMARTS) is 2. The van der Waals surface area contributed by atoms with Gasteiger partial charge in [-0.3, -0.25) is 14.4 Å². The SMILES string of the molecule is CC(=O)Oc1cc(C(=O)Nc2ccc(Br)cc2C(=O)O)cc(C(=O)Nc2ccc(Br)cc2C(=O)O)c1. The molecule has 0 aromatic heterocycles. The van der Waals surface area contributed by atoms with E-state index in [1.165, 1.54) is 54.6 Å². The second-order valence-electron chi connectivity index (χ2n) is 7.24. The maximum Gasteiger partial charge on any atom is 0.337 e. The third-order valence-corrected chi connectivity index (χ3v) is 5.60. The Morgan fingerprint density at radius 1 is 0.694 bits per heavy atom. The number of aromatic carboxylic acids is 2. The van der Waals surface area contributed by atoms with Crippen molar-refractivity contribution in [3.63, 3.8) is 0 Å². The van der Waals surface area contributed by atoms with Gasteiger partial charge in [0, 0.05) is 27.0 Å². The number of carboxylic acids is 2. The van der Waals surface area contributed by atoms with E-state index >= 15 is 0 Å². The van der Waals surface area contributed by atoms with Crippen molar-refractivity contribution in [1.82, 2.24) is 0 Å². The lowest BCUT2D eigenvalue weighted by atomic mass is 10.1. The topological polar surface area (TPSA) is 159 Å². The van der Waals surface area contributed by atoms with E-state index in [2.05, 4.69) is 42.5 Å². The Labute approximate surface area is 220 Å². The van der Waals surface area contributed by atoms with Gasteiger partial charge in [-0.25, -0.2) is 9.59 Å². The highest BCUT2D eigenvalue weighted by Gasteiger charge is 2.19. The lowest BCUT2D eigenvalue weighted by Gasteiger charge is -2.13. The zero-order valence-corrected chi connectivity index (χ0v) is 21.5. The summed E-state index contributed by atoms with van der Waals surface area (Å²) in [5.41, 5.74) is -0.590. The number of benzene rings is 3. The standard InChI is InChI=1S/C24H16Br2N2O8/c1-11(29)36-16-7-12(21(30)27-19-4-2-14(25)9-17(19)23(32)33)6-13(8-16)22(31)28-20-5-3-15(26)10-18(20)24(34)35/h2-10H,1H3,(H,27,30)(H,28,31)(H,32,33)(H,34,35). The fraction of sp³-hybridized carbons (Fsp3) is 0.0417. The van der Waals surface area contributed by atoms with Crippen molar-refractivity contribution in [3.05, 3.63) is 85.8 Å². The maximum atomic E-state index is 13.0. The van der Waals surface area contributed by atoms with Crippen LogP contribution in [0.15, 0.2) is 63.5 Å². The van der Waals surface area contributed by atoms with E-state index in [1.54, 1.807) is 0 Å². The summed E-state index contributed by atoms with van der Waals surface area (Å²) in [6.45, 7) is 1.13. The molecule has 4 N–H and O–H groups in total. The van der Waals surface area contributed by atoms with Crippen molar-refractivity contribution in [2.75, 3.05) is 10.6 Å². The molecule has 0 bridgehead atoms. The number of ether oxygens (including phenoxy) is 1. The van der Waals surface area contributed by atoms with Crippen LogP contribution >= 0.6 is 31.9 Å². The summed E-state index contributed by atoms with van der Waals surface area (Å²) in [7, 11) is 0. The van der Waals surface area contributed by atoms with Crippen LogP contribution in [0.3, 0.4) is 0 Å². The Morgan fingerprint density at radius 3 is 1.47 bits per heavy atom. The molecule has 0 radical (unpaired) electrons. The van der Waals surface area contributed by atoms with E-state index in [-0.39, 0.29) is 39.4 Å². The molecule has 12 heteroatoms. The highest BCUT2D eigenvalue weighted by molar-refractivity contribution is 9.10. The number of halogens is 2. The first-order chi connectivity index (χ1) is 16.9. The summed E-state index contributed by atoms with van der Waals surface area (Å²) in [6, 6.07) is 12.1. The number of nitrogens with one attached hydrogen (secondary N) is 2. The fourth-order valence-electron chi connectivity index (χ4n) is 3.08. The first-order valence-electron chi connectivity index (χ1n) is 9.96. The molecule has 0 saturated heterocycles. The maximum absolute atomic E-state index is 13.0. The Balaban J connectivity index is 1.98. The molecule has 36 heavy (non-hydrogen) atoms. The van der Waals surface area contributed by atoms with Gasteiger partial charge in [0.05, 0.1) is 22.5 Å². The van der Waals surface area contributed by atoms with E-state index < -0.39 is 29.7 Å². The number of hydrogen-bond acceptors (Lipinski definition) is 6. The van der Waals surface area contributed by atoms with Crippen molar-refractivity contribution in [1.29, 1.82) is 0 Å². The van der Waals surface area contributed by atoms with Crippen LogP contribution < -0.4 is 15.4 Å². The molecule has 3 aromatic carbocycles. The predicted molar refractivity (Wildman–Crippen MR) is 136 cm³/mol. The van der Waals surface area contributed by atoms with Crippen LogP contribution in [0.2, 0.25) is 0 Å². The molecule has 0 aliphatic carbocycles. The second kappa shape index (κ2) is 11.1. The smallest absolute Gasteiger partial charge is 0.337 e. The van der Waals surface area contributed by atoms with Crippen molar-refractivity contribution in [3.8, 4) is 5.75 Å². The molecule has 0 unspecified atom stereocenters. The summed E-state index contributed by atoms with van der Waals surface area (Å²) in [6.07, 6.45) is 0. The fourth-order valence-corrected chi connectivity index (χ4v) is 3.80. The average Bonchev–Trinajstić information content (AvgIpc) is 2.80. The number of rotatable bonds is 7. The Hall–Kier alpha value is -4.03. The molecule has 0 fully saturated rings. The molecule has 0 atom stereocenters. The molecule has 10 nitrogen and oxygen atoms in total. The number of esters is 1. The number of carbonyl (C=O) groups is 5. The molecular weight excluding hydrogens is 604 g/mol. The van der Waals surface area contributed by atoms with Crippen LogP contribution in [0.4, 0.5) is 11.4 Å². The van der Waals surface area contributed by atoms with Gasteiger partial charge in [-0.1, -0.05) is 31.9 Å². The summed E-state index contributed by atoms with van der Waals surface area (Å²) in [4.78, 5) is 60.5. The van der Waals surface area contributed by atoms with Crippen LogP contribution in [0.5, 0.6) is 5.75 Å². The minimum absolute atomic E-state index is 0.000512. The van der Waals surface area contributed by atoms with Gasteiger partial charge in [-0.05, 0) is 54.6 Å². The lowest BCUT2D eigenvalue weighted by Crippen LogP contribution is -2.18. The quantitative estimate of drug-likeness (QED) is 0.211. The molecule has 2 amide bonds. The Morgan fingerprint density at radius 2 is 1.11 bits per heavy atom. The molecule has 0 saturated carbocycles. The Bertz CT molecular complexity index is 1330. The van der Waals surface area contributed by atoms with Gasteiger partial charge in [0.25, 0.3) is 11.8 Å². The van der Waals surface area contributed by atoms with Gasteiger partial charge in [-0.15, -0.1) is 0 Å². The molecule has 0 spiro atoms. The van der Waals surface area contributed by atoms with Crippen LogP contribution in [-0.2, 0) is 4.79 Å². The van der Waals surface area contributed by atoms with Crippen LogP contribution in [-0.4, -0.2) is 39.9 Å². The average molecular weight is 620 g/mol. The minimum Gasteiger partial charge on any atom is -0.478 e. The zero-order valence-electron chi connectivity index (χ0n) is 18.3. The molecule has 0 aliphatic heterocycles. The summed E-state index contributed by atoms with van der Waals surface area (Å²) < 4.78 is 6.03. The highest BCUT2D eigenvalue weighted by Crippen LogP contribution is 2.25. The largest absolute Gasteiger partial charge is 0.478 e. The third-order valence-electron chi connectivity index (χ3n) is 4.61. The summed E-state index contributed by atoms with van der Waals surface area (Å²) in [5, 5.41) is 23.8. The molecule has 0 aliphatic rings. The molecule has 184 valence electrons. The lowest BCUT2D eigenvalue weighted by molar-refractivity contribution is -0.131. The molecule has 3 rings (SSSR count). The predicted octanol–water partition coefficient (Wildman–Crippen LogP) is 5.04. The van der Waals surface area contributed by atoms with E-state index in [4.69, 9.17) is 4.74 Å². The number of carbonyl (C=O) groups excluding carboxylic acids is 3. The number of hydrogen-bond donors (Lipinski definition) is 4. The van der Waals surface area contributed by atoms with E-state index in [9.17, 15) is 34.2 Å². The molecule has 0 heterocycles. The normalized spacial score (nSPS) is 10.3. The molecule has 3 aromatic rings. The van der Waals surface area contributed by atoms with Crippen LogP contribution in [0.25, 0.3) is 0 Å². The van der Waals surface area contributed by atoms with E-state index in [0.29, 0.717) is 8.95 Å². The second-order valence-corrected chi connectivity index (χ2v) is 9.07. The van der Waals surface area contributed by atoms with Gasteiger partial charge < -0.3 is 25.6 Å². The van der Waals surface area contributed by atoms with Gasteiger partial charge in [0.15, 0.2) is 0 Å². The van der Waals surface area contributed by atoms with Gasteiger partial charge in [0.2, 0.25) is 0 Å². The van der Waals surface area contributed by atoms with Crippen molar-refractivity contribution in [2.24, 2.45) is 0 Å². The van der Waals surface area contributed by atoms with E-state index in [0.717, 1.165) is 6.92 Å². The van der Waals surface area contributed by atoms with Crippen molar-refractivity contribution >= 4 is 73.0 Å². The minimum atomic E-state index is -1.27.